The number of rotatable bonds is 8. The second-order valence-electron chi connectivity index (χ2n) is 8.74. The first-order chi connectivity index (χ1) is 15.7. The van der Waals surface area contributed by atoms with Crippen LogP contribution in [0, 0.1) is 5.92 Å². The van der Waals surface area contributed by atoms with Crippen molar-refractivity contribution in [3.63, 3.8) is 0 Å². The van der Waals surface area contributed by atoms with Crippen molar-refractivity contribution in [2.45, 2.75) is 25.4 Å². The van der Waals surface area contributed by atoms with E-state index in [1.165, 1.54) is 11.1 Å². The number of nitrogens with zero attached hydrogens (tertiary/aromatic N) is 2. The first-order valence-electron chi connectivity index (χ1n) is 11.7. The van der Waals surface area contributed by atoms with Gasteiger partial charge >= 0.3 is 0 Å². The predicted molar refractivity (Wildman–Crippen MR) is 126 cm³/mol. The van der Waals surface area contributed by atoms with Gasteiger partial charge in [-0.05, 0) is 42.6 Å². The van der Waals surface area contributed by atoms with E-state index in [1.54, 1.807) is 7.11 Å². The highest BCUT2D eigenvalue weighted by atomic mass is 16.5. The van der Waals surface area contributed by atoms with Gasteiger partial charge in [-0.25, -0.2) is 0 Å². The third kappa shape index (κ3) is 6.09. The molecule has 2 heterocycles. The molecule has 1 amide bonds. The molecule has 2 aromatic carbocycles. The van der Waals surface area contributed by atoms with E-state index in [9.17, 15) is 4.79 Å². The number of methoxy groups -OCH3 is 1. The molecule has 2 unspecified atom stereocenters. The lowest BCUT2D eigenvalue weighted by atomic mass is 9.96. The predicted octanol–water partition coefficient (Wildman–Crippen LogP) is 3.10. The van der Waals surface area contributed by atoms with E-state index < -0.39 is 0 Å². The summed E-state index contributed by atoms with van der Waals surface area (Å²) in [6.07, 6.45) is 2.03. The van der Waals surface area contributed by atoms with Crippen LogP contribution in [0.25, 0.3) is 0 Å². The smallest absolute Gasteiger partial charge is 0.224 e. The number of piperidine rings is 1. The Morgan fingerprint density at radius 1 is 1.09 bits per heavy atom. The molecule has 2 aliphatic heterocycles. The molecular formula is C26H35N3O3. The van der Waals surface area contributed by atoms with E-state index in [0.29, 0.717) is 6.54 Å². The van der Waals surface area contributed by atoms with E-state index in [1.807, 2.05) is 18.2 Å². The summed E-state index contributed by atoms with van der Waals surface area (Å²) in [5, 5.41) is 3.28. The minimum absolute atomic E-state index is 0.0497. The molecule has 6 heteroatoms. The summed E-state index contributed by atoms with van der Waals surface area (Å²) in [5.74, 6) is 1.07. The summed E-state index contributed by atoms with van der Waals surface area (Å²) < 4.78 is 10.9. The maximum absolute atomic E-state index is 13.1. The number of hydrogen-bond donors (Lipinski definition) is 1. The molecule has 2 saturated heterocycles. The van der Waals surface area contributed by atoms with Crippen molar-refractivity contribution in [3.8, 4) is 5.75 Å². The Kier molecular flexibility index (Phi) is 8.15. The van der Waals surface area contributed by atoms with Crippen molar-refractivity contribution in [3.05, 3.63) is 65.7 Å². The van der Waals surface area contributed by atoms with Crippen molar-refractivity contribution >= 4 is 5.91 Å². The van der Waals surface area contributed by atoms with Crippen LogP contribution in [-0.2, 0) is 16.1 Å². The SMILES string of the molecule is COc1ccc(C(CNC(=O)C2CCCN(Cc3ccccc3)C2)N2CCOCC2)cc1. The highest BCUT2D eigenvalue weighted by Crippen LogP contribution is 2.24. The molecule has 0 radical (unpaired) electrons. The first kappa shape index (κ1) is 22.8. The second kappa shape index (κ2) is 11.5. The fourth-order valence-corrected chi connectivity index (χ4v) is 4.77. The second-order valence-corrected chi connectivity index (χ2v) is 8.74. The third-order valence-electron chi connectivity index (χ3n) is 6.58. The van der Waals surface area contributed by atoms with Crippen molar-refractivity contribution in [2.75, 3.05) is 53.0 Å². The summed E-state index contributed by atoms with van der Waals surface area (Å²) in [5.41, 5.74) is 2.50. The Labute approximate surface area is 191 Å². The zero-order valence-corrected chi connectivity index (χ0v) is 19.0. The number of morpholine rings is 1. The van der Waals surface area contributed by atoms with Crippen LogP contribution in [0.5, 0.6) is 5.75 Å². The van der Waals surface area contributed by atoms with Crippen LogP contribution >= 0.6 is 0 Å². The molecule has 0 bridgehead atoms. The van der Waals surface area contributed by atoms with Crippen LogP contribution in [0.15, 0.2) is 54.6 Å². The van der Waals surface area contributed by atoms with Crippen molar-refractivity contribution in [1.29, 1.82) is 0 Å². The molecule has 2 atom stereocenters. The van der Waals surface area contributed by atoms with Gasteiger partial charge in [0.05, 0.1) is 32.3 Å². The van der Waals surface area contributed by atoms with Gasteiger partial charge in [0.2, 0.25) is 5.91 Å². The Hall–Kier alpha value is -2.41. The Bertz CT molecular complexity index is 837. The molecule has 0 saturated carbocycles. The molecule has 0 aromatic heterocycles. The molecule has 172 valence electrons. The van der Waals surface area contributed by atoms with Crippen LogP contribution < -0.4 is 10.1 Å². The molecule has 2 fully saturated rings. The summed E-state index contributed by atoms with van der Waals surface area (Å²) >= 11 is 0. The summed E-state index contributed by atoms with van der Waals surface area (Å²) in [4.78, 5) is 17.9. The number of hydrogen-bond acceptors (Lipinski definition) is 5. The van der Waals surface area contributed by atoms with Gasteiger partial charge in [0.1, 0.15) is 5.75 Å². The quantitative estimate of drug-likeness (QED) is 0.688. The monoisotopic (exact) mass is 437 g/mol. The highest BCUT2D eigenvalue weighted by molar-refractivity contribution is 5.79. The minimum Gasteiger partial charge on any atom is -0.497 e. The molecule has 4 rings (SSSR count). The average molecular weight is 438 g/mol. The lowest BCUT2D eigenvalue weighted by Gasteiger charge is -2.36. The number of carbonyl (C=O) groups excluding carboxylic acids is 1. The van der Waals surface area contributed by atoms with E-state index in [2.05, 4.69) is 51.5 Å². The van der Waals surface area contributed by atoms with Gasteiger partial charge in [0.15, 0.2) is 0 Å². The fourth-order valence-electron chi connectivity index (χ4n) is 4.77. The summed E-state index contributed by atoms with van der Waals surface area (Å²) in [6.45, 7) is 6.62. The molecule has 0 spiro atoms. The number of likely N-dealkylation sites (tertiary alicyclic amines) is 1. The van der Waals surface area contributed by atoms with Gasteiger partial charge in [-0.3, -0.25) is 14.6 Å². The molecule has 6 nitrogen and oxygen atoms in total. The van der Waals surface area contributed by atoms with Crippen LogP contribution in [-0.4, -0.2) is 68.8 Å². The average Bonchev–Trinajstić information content (AvgIpc) is 2.86. The van der Waals surface area contributed by atoms with E-state index in [-0.39, 0.29) is 17.9 Å². The van der Waals surface area contributed by atoms with Gasteiger partial charge in [0.25, 0.3) is 0 Å². The minimum atomic E-state index is 0.0497. The van der Waals surface area contributed by atoms with Gasteiger partial charge in [-0.1, -0.05) is 42.5 Å². The summed E-state index contributed by atoms with van der Waals surface area (Å²) in [6, 6.07) is 18.8. The van der Waals surface area contributed by atoms with Crippen molar-refractivity contribution < 1.29 is 14.3 Å². The Morgan fingerprint density at radius 2 is 1.84 bits per heavy atom. The molecule has 2 aromatic rings. The van der Waals surface area contributed by atoms with Gasteiger partial charge < -0.3 is 14.8 Å². The van der Waals surface area contributed by atoms with Crippen LogP contribution in [0.2, 0.25) is 0 Å². The first-order valence-corrected chi connectivity index (χ1v) is 11.7. The van der Waals surface area contributed by atoms with Gasteiger partial charge in [-0.15, -0.1) is 0 Å². The third-order valence-corrected chi connectivity index (χ3v) is 6.58. The number of benzene rings is 2. The topological polar surface area (TPSA) is 54.0 Å². The number of ether oxygens (including phenoxy) is 2. The van der Waals surface area contributed by atoms with Crippen LogP contribution in [0.1, 0.15) is 30.0 Å². The van der Waals surface area contributed by atoms with E-state index >= 15 is 0 Å². The van der Waals surface area contributed by atoms with Gasteiger partial charge in [0, 0.05) is 32.7 Å². The normalized spacial score (nSPS) is 21.1. The highest BCUT2D eigenvalue weighted by Gasteiger charge is 2.28. The lowest BCUT2D eigenvalue weighted by molar-refractivity contribution is -0.127. The number of amides is 1. The standard InChI is InChI=1S/C26H35N3O3/c1-31-24-11-9-22(10-12-24)25(29-14-16-32-17-15-29)18-27-26(30)23-8-5-13-28(20-23)19-21-6-3-2-4-7-21/h2-4,6-7,9-12,23,25H,5,8,13-20H2,1H3,(H,27,30). The van der Waals surface area contributed by atoms with Crippen molar-refractivity contribution in [1.82, 2.24) is 15.1 Å². The Morgan fingerprint density at radius 3 is 2.56 bits per heavy atom. The maximum atomic E-state index is 13.1. The van der Waals surface area contributed by atoms with Crippen LogP contribution in [0.3, 0.4) is 0 Å². The van der Waals surface area contributed by atoms with E-state index in [4.69, 9.17) is 9.47 Å². The van der Waals surface area contributed by atoms with Gasteiger partial charge in [-0.2, -0.15) is 0 Å². The number of carbonyl (C=O) groups is 1. The van der Waals surface area contributed by atoms with Crippen molar-refractivity contribution in [2.24, 2.45) is 5.92 Å². The zero-order valence-electron chi connectivity index (χ0n) is 19.0. The zero-order chi connectivity index (χ0) is 22.2. The molecule has 1 N–H and O–H groups in total. The fraction of sp³-hybridized carbons (Fsp3) is 0.500. The molecule has 2 aliphatic rings. The van der Waals surface area contributed by atoms with E-state index in [0.717, 1.165) is 64.5 Å². The maximum Gasteiger partial charge on any atom is 0.224 e. The molecule has 0 aliphatic carbocycles. The Balaban J connectivity index is 1.36. The number of nitrogens with one attached hydrogen (secondary N) is 1. The lowest BCUT2D eigenvalue weighted by Crippen LogP contribution is -2.47. The molecule has 32 heavy (non-hydrogen) atoms. The largest absolute Gasteiger partial charge is 0.497 e. The van der Waals surface area contributed by atoms with Crippen LogP contribution in [0.4, 0.5) is 0 Å². The molecular weight excluding hydrogens is 402 g/mol. The summed E-state index contributed by atoms with van der Waals surface area (Å²) in [7, 11) is 1.68.